The summed E-state index contributed by atoms with van der Waals surface area (Å²) in [5.41, 5.74) is 8.68. The largest absolute Gasteiger partial charge is 0.456 e. The lowest BCUT2D eigenvalue weighted by atomic mass is 9.76. The molecular formula is C30H36O. The van der Waals surface area contributed by atoms with Crippen molar-refractivity contribution in [2.24, 2.45) is 0 Å². The maximum absolute atomic E-state index is 6.47. The van der Waals surface area contributed by atoms with E-state index < -0.39 is 0 Å². The van der Waals surface area contributed by atoms with Crippen LogP contribution in [0.15, 0.2) is 59.0 Å². The Labute approximate surface area is 187 Å². The second kappa shape index (κ2) is 6.99. The highest BCUT2D eigenvalue weighted by atomic mass is 16.3. The molecular weight excluding hydrogens is 376 g/mol. The smallest absolute Gasteiger partial charge is 0.139 e. The molecule has 0 aliphatic rings. The fourth-order valence-electron chi connectivity index (χ4n) is 4.42. The Hall–Kier alpha value is -2.54. The van der Waals surface area contributed by atoms with E-state index in [0.717, 1.165) is 11.2 Å². The van der Waals surface area contributed by atoms with E-state index in [4.69, 9.17) is 4.42 Å². The number of benzene rings is 3. The minimum Gasteiger partial charge on any atom is -0.456 e. The van der Waals surface area contributed by atoms with E-state index in [1.165, 1.54) is 38.6 Å². The molecule has 0 aliphatic heterocycles. The molecule has 162 valence electrons. The Morgan fingerprint density at radius 3 is 1.71 bits per heavy atom. The van der Waals surface area contributed by atoms with Gasteiger partial charge in [0.1, 0.15) is 11.2 Å². The number of hydrogen-bond acceptors (Lipinski definition) is 1. The molecule has 31 heavy (non-hydrogen) atoms. The summed E-state index contributed by atoms with van der Waals surface area (Å²) in [4.78, 5) is 0. The lowest BCUT2D eigenvalue weighted by molar-refractivity contribution is 0.568. The van der Waals surface area contributed by atoms with Crippen molar-refractivity contribution in [3.63, 3.8) is 0 Å². The third-order valence-corrected chi connectivity index (χ3v) is 6.27. The van der Waals surface area contributed by atoms with Crippen LogP contribution in [0.25, 0.3) is 33.1 Å². The zero-order valence-corrected chi connectivity index (χ0v) is 20.6. The molecule has 1 nitrogen and oxygen atoms in total. The molecule has 1 aromatic heterocycles. The van der Waals surface area contributed by atoms with Crippen molar-refractivity contribution in [3.05, 3.63) is 71.3 Å². The summed E-state index contributed by atoms with van der Waals surface area (Å²) >= 11 is 0. The molecule has 4 rings (SSSR count). The predicted molar refractivity (Wildman–Crippen MR) is 135 cm³/mol. The highest BCUT2D eigenvalue weighted by Crippen LogP contribution is 2.43. The van der Waals surface area contributed by atoms with Crippen molar-refractivity contribution in [1.29, 1.82) is 0 Å². The number of furan rings is 1. The molecule has 0 bridgehead atoms. The standard InChI is InChI=1S/C30H36O/c1-28(2,3)20-16-19(17-21(18-20)29(4,5)6)22-14-15-24-23-12-10-11-13-25(23)31-27(24)26(22)30(7,8)9/h10-18H,1-9H3. The van der Waals surface area contributed by atoms with Gasteiger partial charge in [0.2, 0.25) is 0 Å². The van der Waals surface area contributed by atoms with Gasteiger partial charge in [0.05, 0.1) is 0 Å². The number of rotatable bonds is 1. The molecule has 0 amide bonds. The zero-order chi connectivity index (χ0) is 22.8. The molecule has 0 spiro atoms. The highest BCUT2D eigenvalue weighted by Gasteiger charge is 2.27. The quantitative estimate of drug-likeness (QED) is 0.304. The first kappa shape index (κ1) is 21.7. The van der Waals surface area contributed by atoms with Gasteiger partial charge in [-0.2, -0.15) is 0 Å². The number of hydrogen-bond donors (Lipinski definition) is 0. The molecule has 0 saturated heterocycles. The van der Waals surface area contributed by atoms with Crippen LogP contribution in [-0.2, 0) is 16.2 Å². The summed E-state index contributed by atoms with van der Waals surface area (Å²) in [6.45, 7) is 20.6. The van der Waals surface area contributed by atoms with Gasteiger partial charge in [-0.15, -0.1) is 0 Å². The normalized spacial score (nSPS) is 13.3. The van der Waals surface area contributed by atoms with Gasteiger partial charge in [0.25, 0.3) is 0 Å². The van der Waals surface area contributed by atoms with Crippen LogP contribution in [0.2, 0.25) is 0 Å². The van der Waals surface area contributed by atoms with Crippen LogP contribution in [-0.4, -0.2) is 0 Å². The molecule has 3 aromatic carbocycles. The SMILES string of the molecule is CC(C)(C)c1cc(-c2ccc3c(oc4ccccc43)c2C(C)(C)C)cc(C(C)(C)C)c1. The average Bonchev–Trinajstić information content (AvgIpc) is 3.03. The van der Waals surface area contributed by atoms with E-state index >= 15 is 0 Å². The van der Waals surface area contributed by atoms with Crippen LogP contribution in [0.5, 0.6) is 0 Å². The Bertz CT molecular complexity index is 1230. The topological polar surface area (TPSA) is 13.1 Å². The van der Waals surface area contributed by atoms with Crippen LogP contribution < -0.4 is 0 Å². The van der Waals surface area contributed by atoms with Gasteiger partial charge >= 0.3 is 0 Å². The first-order valence-corrected chi connectivity index (χ1v) is 11.4. The third kappa shape index (κ3) is 3.91. The minimum atomic E-state index is -0.0532. The van der Waals surface area contributed by atoms with Crippen molar-refractivity contribution in [3.8, 4) is 11.1 Å². The average molecular weight is 413 g/mol. The minimum absolute atomic E-state index is 0.0532. The van der Waals surface area contributed by atoms with Gasteiger partial charge in [-0.3, -0.25) is 0 Å². The van der Waals surface area contributed by atoms with Crippen molar-refractivity contribution >= 4 is 21.9 Å². The van der Waals surface area contributed by atoms with Crippen molar-refractivity contribution in [1.82, 2.24) is 0 Å². The third-order valence-electron chi connectivity index (χ3n) is 6.27. The van der Waals surface area contributed by atoms with Crippen molar-refractivity contribution < 1.29 is 4.42 Å². The molecule has 1 heteroatoms. The van der Waals surface area contributed by atoms with E-state index in [2.05, 4.69) is 111 Å². The Balaban J connectivity index is 2.10. The Morgan fingerprint density at radius 1 is 0.581 bits per heavy atom. The summed E-state index contributed by atoms with van der Waals surface area (Å²) in [6.07, 6.45) is 0. The Morgan fingerprint density at radius 2 is 1.16 bits per heavy atom. The molecule has 0 unspecified atom stereocenters. The number of fused-ring (bicyclic) bond motifs is 3. The van der Waals surface area contributed by atoms with Gasteiger partial charge in [-0.1, -0.05) is 105 Å². The van der Waals surface area contributed by atoms with Crippen LogP contribution in [0, 0.1) is 0 Å². The predicted octanol–water partition coefficient (Wildman–Crippen LogP) is 9.15. The first-order valence-electron chi connectivity index (χ1n) is 11.4. The van der Waals surface area contributed by atoms with E-state index in [9.17, 15) is 0 Å². The molecule has 4 aromatic rings. The van der Waals surface area contributed by atoms with Gasteiger partial charge in [0, 0.05) is 16.3 Å². The van der Waals surface area contributed by atoms with E-state index in [-0.39, 0.29) is 16.2 Å². The van der Waals surface area contributed by atoms with E-state index in [1.807, 2.05) is 6.07 Å². The summed E-state index contributed by atoms with van der Waals surface area (Å²) in [7, 11) is 0. The first-order chi connectivity index (χ1) is 14.3. The lowest BCUT2D eigenvalue weighted by Gasteiger charge is -2.28. The molecule has 0 aliphatic carbocycles. The maximum atomic E-state index is 6.47. The van der Waals surface area contributed by atoms with Gasteiger partial charge in [-0.25, -0.2) is 0 Å². The monoisotopic (exact) mass is 412 g/mol. The van der Waals surface area contributed by atoms with Gasteiger partial charge in [0.15, 0.2) is 0 Å². The maximum Gasteiger partial charge on any atom is 0.139 e. The fraction of sp³-hybridized carbons (Fsp3) is 0.400. The van der Waals surface area contributed by atoms with Crippen LogP contribution >= 0.6 is 0 Å². The number of para-hydroxylation sites is 1. The van der Waals surface area contributed by atoms with Crippen LogP contribution in [0.1, 0.15) is 79.0 Å². The second-order valence-electron chi connectivity index (χ2n) is 12.0. The molecule has 0 saturated carbocycles. The molecule has 0 N–H and O–H groups in total. The molecule has 0 fully saturated rings. The Kier molecular flexibility index (Phi) is 4.89. The molecule has 0 atom stereocenters. The lowest BCUT2D eigenvalue weighted by Crippen LogP contribution is -2.17. The fourth-order valence-corrected chi connectivity index (χ4v) is 4.42. The second-order valence-corrected chi connectivity index (χ2v) is 12.0. The van der Waals surface area contributed by atoms with Crippen molar-refractivity contribution in [2.45, 2.75) is 78.6 Å². The van der Waals surface area contributed by atoms with Crippen LogP contribution in [0.3, 0.4) is 0 Å². The highest BCUT2D eigenvalue weighted by molar-refractivity contribution is 6.07. The van der Waals surface area contributed by atoms with Gasteiger partial charge in [-0.05, 0) is 50.6 Å². The van der Waals surface area contributed by atoms with Gasteiger partial charge < -0.3 is 4.42 Å². The molecule has 0 radical (unpaired) electrons. The van der Waals surface area contributed by atoms with Crippen molar-refractivity contribution in [2.75, 3.05) is 0 Å². The summed E-state index contributed by atoms with van der Waals surface area (Å²) < 4.78 is 6.47. The molecule has 1 heterocycles. The van der Waals surface area contributed by atoms with E-state index in [0.29, 0.717) is 0 Å². The van der Waals surface area contributed by atoms with Crippen LogP contribution in [0.4, 0.5) is 0 Å². The summed E-state index contributed by atoms with van der Waals surface area (Å²) in [5.74, 6) is 0. The zero-order valence-electron chi connectivity index (χ0n) is 20.6. The summed E-state index contributed by atoms with van der Waals surface area (Å²) in [5, 5.41) is 2.39. The summed E-state index contributed by atoms with van der Waals surface area (Å²) in [6, 6.07) is 20.1. The van der Waals surface area contributed by atoms with E-state index in [1.54, 1.807) is 0 Å².